The van der Waals surface area contributed by atoms with Gasteiger partial charge in [-0.15, -0.1) is 0 Å². The first-order valence-corrected chi connectivity index (χ1v) is 7.12. The fourth-order valence-corrected chi connectivity index (χ4v) is 2.98. The Hall–Kier alpha value is -2.34. The van der Waals surface area contributed by atoms with Gasteiger partial charge in [-0.3, -0.25) is 19.5 Å². The van der Waals surface area contributed by atoms with E-state index in [2.05, 4.69) is 20.0 Å². The molecule has 21 heavy (non-hydrogen) atoms. The number of anilines is 1. The van der Waals surface area contributed by atoms with Crippen molar-refractivity contribution in [3.05, 3.63) is 32.1 Å². The Bertz CT molecular complexity index is 676. The Morgan fingerprint density at radius 2 is 2.19 bits per heavy atom. The van der Waals surface area contributed by atoms with Crippen LogP contribution in [0.15, 0.2) is 9.91 Å². The lowest BCUT2D eigenvalue weighted by molar-refractivity contribution is -0.117. The third-order valence-electron chi connectivity index (χ3n) is 4.04. The second-order valence-electron chi connectivity index (χ2n) is 5.51. The van der Waals surface area contributed by atoms with E-state index in [0.29, 0.717) is 18.9 Å². The number of azide groups is 1. The highest BCUT2D eigenvalue weighted by Gasteiger charge is 2.32. The summed E-state index contributed by atoms with van der Waals surface area (Å²) in [6.07, 6.45) is 3.89. The molecule has 1 aliphatic carbocycles. The molecular weight excluding hydrogens is 272 g/mol. The van der Waals surface area contributed by atoms with E-state index in [1.807, 2.05) is 0 Å². The maximum atomic E-state index is 12.1. The molecule has 1 aliphatic heterocycles. The van der Waals surface area contributed by atoms with Crippen LogP contribution in [0.25, 0.3) is 10.4 Å². The number of hydrogen-bond donors (Lipinski definition) is 1. The SMILES string of the molecule is [N-]=[N+]=NCC1CC(=O)N(c2nc3c(c(=O)[nH]2)CCCC3)C1. The monoisotopic (exact) mass is 288 g/mol. The van der Waals surface area contributed by atoms with E-state index in [4.69, 9.17) is 5.53 Å². The summed E-state index contributed by atoms with van der Waals surface area (Å²) in [5.41, 5.74) is 9.77. The number of hydrogen-bond acceptors (Lipinski definition) is 4. The van der Waals surface area contributed by atoms with Gasteiger partial charge in [0.05, 0.1) is 5.69 Å². The van der Waals surface area contributed by atoms with E-state index >= 15 is 0 Å². The molecule has 8 nitrogen and oxygen atoms in total. The zero-order valence-electron chi connectivity index (χ0n) is 11.6. The average Bonchev–Trinajstić information content (AvgIpc) is 2.86. The van der Waals surface area contributed by atoms with Crippen molar-refractivity contribution in [3.8, 4) is 0 Å². The highest BCUT2D eigenvalue weighted by molar-refractivity contribution is 5.94. The second-order valence-corrected chi connectivity index (χ2v) is 5.51. The van der Waals surface area contributed by atoms with Crippen molar-refractivity contribution in [2.45, 2.75) is 32.1 Å². The maximum absolute atomic E-state index is 12.1. The van der Waals surface area contributed by atoms with E-state index in [-0.39, 0.29) is 23.9 Å². The summed E-state index contributed by atoms with van der Waals surface area (Å²) < 4.78 is 0. The van der Waals surface area contributed by atoms with Crippen molar-refractivity contribution < 1.29 is 4.79 Å². The molecule has 1 atom stereocenters. The van der Waals surface area contributed by atoms with Crippen LogP contribution in [0, 0.1) is 5.92 Å². The van der Waals surface area contributed by atoms with E-state index in [0.717, 1.165) is 36.9 Å². The Kier molecular flexibility index (Phi) is 3.62. The minimum atomic E-state index is -0.138. The number of H-pyrrole nitrogens is 1. The predicted molar refractivity (Wildman–Crippen MR) is 76.0 cm³/mol. The van der Waals surface area contributed by atoms with Gasteiger partial charge < -0.3 is 0 Å². The van der Waals surface area contributed by atoms with Gasteiger partial charge in [-0.1, -0.05) is 5.11 Å². The Balaban J connectivity index is 1.87. The predicted octanol–water partition coefficient (Wildman–Crippen LogP) is 1.31. The van der Waals surface area contributed by atoms with Gasteiger partial charge in [0, 0.05) is 30.0 Å². The summed E-state index contributed by atoms with van der Waals surface area (Å²) in [6.45, 7) is 0.716. The van der Waals surface area contributed by atoms with Crippen molar-refractivity contribution in [3.63, 3.8) is 0 Å². The minimum Gasteiger partial charge on any atom is -0.292 e. The van der Waals surface area contributed by atoms with E-state index < -0.39 is 0 Å². The van der Waals surface area contributed by atoms with Gasteiger partial charge >= 0.3 is 0 Å². The molecule has 3 rings (SSSR count). The smallest absolute Gasteiger partial charge is 0.255 e. The van der Waals surface area contributed by atoms with Crippen LogP contribution in [0.1, 0.15) is 30.5 Å². The molecular formula is C13H16N6O2. The molecule has 1 amide bonds. The van der Waals surface area contributed by atoms with Crippen LogP contribution >= 0.6 is 0 Å². The standard InChI is InChI=1S/C13H16N6O2/c14-18-15-6-8-5-11(20)19(7-8)13-16-10-4-2-1-3-9(10)12(21)17-13/h8H,1-7H2,(H,16,17,21). The Morgan fingerprint density at radius 1 is 1.38 bits per heavy atom. The lowest BCUT2D eigenvalue weighted by Gasteiger charge is -2.19. The zero-order valence-corrected chi connectivity index (χ0v) is 11.6. The molecule has 1 aromatic rings. The van der Waals surface area contributed by atoms with Gasteiger partial charge in [-0.25, -0.2) is 4.98 Å². The molecule has 0 radical (unpaired) electrons. The molecule has 110 valence electrons. The van der Waals surface area contributed by atoms with Crippen LogP contribution in [-0.4, -0.2) is 29.0 Å². The highest BCUT2D eigenvalue weighted by atomic mass is 16.2. The second kappa shape index (κ2) is 5.57. The maximum Gasteiger partial charge on any atom is 0.255 e. The first-order chi connectivity index (χ1) is 10.2. The lowest BCUT2D eigenvalue weighted by atomic mass is 9.97. The van der Waals surface area contributed by atoms with Crippen LogP contribution in [0.3, 0.4) is 0 Å². The number of rotatable bonds is 3. The molecule has 8 heteroatoms. The molecule has 1 N–H and O–H groups in total. The normalized spacial score (nSPS) is 21.0. The summed E-state index contributed by atoms with van der Waals surface area (Å²) >= 11 is 0. The summed E-state index contributed by atoms with van der Waals surface area (Å²) in [7, 11) is 0. The Morgan fingerprint density at radius 3 is 3.00 bits per heavy atom. The number of fused-ring (bicyclic) bond motifs is 1. The number of aromatic amines is 1. The van der Waals surface area contributed by atoms with Crippen LogP contribution in [0.2, 0.25) is 0 Å². The zero-order chi connectivity index (χ0) is 14.8. The third kappa shape index (κ3) is 2.62. The van der Waals surface area contributed by atoms with Gasteiger partial charge in [0.25, 0.3) is 5.56 Å². The number of aromatic nitrogens is 2. The molecule has 1 unspecified atom stereocenters. The number of nitrogens with one attached hydrogen (secondary N) is 1. The topological polar surface area (TPSA) is 115 Å². The molecule has 2 heterocycles. The van der Waals surface area contributed by atoms with Gasteiger partial charge in [0.15, 0.2) is 0 Å². The number of carbonyl (C=O) groups excluding carboxylic acids is 1. The molecule has 1 saturated heterocycles. The molecule has 0 aromatic carbocycles. The van der Waals surface area contributed by atoms with Gasteiger partial charge in [0.2, 0.25) is 11.9 Å². The van der Waals surface area contributed by atoms with Gasteiger partial charge in [-0.2, -0.15) is 0 Å². The average molecular weight is 288 g/mol. The molecule has 0 spiro atoms. The summed E-state index contributed by atoms with van der Waals surface area (Å²) in [5, 5.41) is 3.51. The first-order valence-electron chi connectivity index (χ1n) is 7.12. The lowest BCUT2D eigenvalue weighted by Crippen LogP contribution is -2.31. The van der Waals surface area contributed by atoms with Crippen LogP contribution in [0.5, 0.6) is 0 Å². The van der Waals surface area contributed by atoms with Crippen LogP contribution in [0.4, 0.5) is 5.95 Å². The van der Waals surface area contributed by atoms with Crippen molar-refractivity contribution in [1.82, 2.24) is 9.97 Å². The van der Waals surface area contributed by atoms with Gasteiger partial charge in [-0.05, 0) is 37.1 Å². The van der Waals surface area contributed by atoms with E-state index in [1.54, 1.807) is 0 Å². The summed E-state index contributed by atoms with van der Waals surface area (Å²) in [5.74, 6) is 0.218. The molecule has 1 aromatic heterocycles. The third-order valence-corrected chi connectivity index (χ3v) is 4.04. The van der Waals surface area contributed by atoms with E-state index in [9.17, 15) is 9.59 Å². The summed E-state index contributed by atoms with van der Waals surface area (Å²) in [6, 6.07) is 0. The van der Waals surface area contributed by atoms with E-state index in [1.165, 1.54) is 4.90 Å². The van der Waals surface area contributed by atoms with Crippen molar-refractivity contribution in [1.29, 1.82) is 0 Å². The van der Waals surface area contributed by atoms with Crippen molar-refractivity contribution in [2.75, 3.05) is 18.0 Å². The molecule has 1 fully saturated rings. The highest BCUT2D eigenvalue weighted by Crippen LogP contribution is 2.24. The number of carbonyl (C=O) groups is 1. The number of aryl methyl sites for hydroxylation is 1. The fourth-order valence-electron chi connectivity index (χ4n) is 2.98. The van der Waals surface area contributed by atoms with Crippen molar-refractivity contribution in [2.24, 2.45) is 11.0 Å². The first kappa shape index (κ1) is 13.6. The summed E-state index contributed by atoms with van der Waals surface area (Å²) in [4.78, 5) is 35.6. The fraction of sp³-hybridized carbons (Fsp3) is 0.615. The molecule has 0 saturated carbocycles. The van der Waals surface area contributed by atoms with Crippen molar-refractivity contribution >= 4 is 11.9 Å². The number of nitrogens with zero attached hydrogens (tertiary/aromatic N) is 5. The molecule has 0 bridgehead atoms. The number of amides is 1. The largest absolute Gasteiger partial charge is 0.292 e. The minimum absolute atomic E-state index is 0.0188. The van der Waals surface area contributed by atoms with Gasteiger partial charge in [0.1, 0.15) is 0 Å². The van der Waals surface area contributed by atoms with Crippen LogP contribution in [-0.2, 0) is 17.6 Å². The van der Waals surface area contributed by atoms with Crippen LogP contribution < -0.4 is 10.5 Å². The quantitative estimate of drug-likeness (QED) is 0.513. The Labute approximate surface area is 120 Å². The molecule has 2 aliphatic rings.